The molecule has 0 aromatic carbocycles. The number of nitrogens with zero attached hydrogens (tertiary/aromatic N) is 5. The van der Waals surface area contributed by atoms with E-state index in [2.05, 4.69) is 14.9 Å². The maximum absolute atomic E-state index is 12.5. The molecule has 1 amide bonds. The van der Waals surface area contributed by atoms with Gasteiger partial charge < -0.3 is 14.7 Å². The molecule has 1 aliphatic heterocycles. The van der Waals surface area contributed by atoms with E-state index in [-0.39, 0.29) is 5.91 Å². The predicted molar refractivity (Wildman–Crippen MR) is 88.8 cm³/mol. The molecule has 0 aliphatic carbocycles. The first-order valence-corrected chi connectivity index (χ1v) is 8.10. The SMILES string of the molecule is CN(C)c1ccc(C(=O)N2CCN(c3nccs3)CC2)cn1. The predicted octanol–water partition coefficient (Wildman–Crippen LogP) is 1.57. The van der Waals surface area contributed by atoms with Gasteiger partial charge in [0, 0.05) is 58.0 Å². The number of carbonyl (C=O) groups excluding carboxylic acids is 1. The first-order chi connectivity index (χ1) is 10.6. The van der Waals surface area contributed by atoms with Crippen LogP contribution >= 0.6 is 11.3 Å². The van der Waals surface area contributed by atoms with E-state index in [1.165, 1.54) is 0 Å². The van der Waals surface area contributed by atoms with Crippen molar-refractivity contribution in [1.82, 2.24) is 14.9 Å². The molecule has 3 heterocycles. The van der Waals surface area contributed by atoms with Gasteiger partial charge in [0.25, 0.3) is 5.91 Å². The first-order valence-electron chi connectivity index (χ1n) is 7.22. The third kappa shape index (κ3) is 3.04. The van der Waals surface area contributed by atoms with Crippen LogP contribution < -0.4 is 9.80 Å². The maximum Gasteiger partial charge on any atom is 0.255 e. The number of hydrogen-bond donors (Lipinski definition) is 0. The van der Waals surface area contributed by atoms with Crippen molar-refractivity contribution >= 4 is 28.2 Å². The van der Waals surface area contributed by atoms with Crippen LogP contribution in [0.5, 0.6) is 0 Å². The highest BCUT2D eigenvalue weighted by molar-refractivity contribution is 7.13. The molecule has 0 spiro atoms. The summed E-state index contributed by atoms with van der Waals surface area (Å²) in [7, 11) is 3.86. The summed E-state index contributed by atoms with van der Waals surface area (Å²) in [5.41, 5.74) is 0.647. The molecule has 116 valence electrons. The van der Waals surface area contributed by atoms with E-state index >= 15 is 0 Å². The fourth-order valence-corrected chi connectivity index (χ4v) is 3.13. The normalized spacial score (nSPS) is 15.0. The van der Waals surface area contributed by atoms with Crippen molar-refractivity contribution in [3.05, 3.63) is 35.5 Å². The topological polar surface area (TPSA) is 52.6 Å². The van der Waals surface area contributed by atoms with E-state index in [1.807, 2.05) is 47.6 Å². The van der Waals surface area contributed by atoms with Crippen molar-refractivity contribution in [2.24, 2.45) is 0 Å². The second kappa shape index (κ2) is 6.31. The van der Waals surface area contributed by atoms with Gasteiger partial charge in [-0.2, -0.15) is 0 Å². The summed E-state index contributed by atoms with van der Waals surface area (Å²) in [5.74, 6) is 0.904. The zero-order valence-corrected chi connectivity index (χ0v) is 13.6. The van der Waals surface area contributed by atoms with E-state index in [9.17, 15) is 4.79 Å². The summed E-state index contributed by atoms with van der Waals surface area (Å²) in [5, 5.41) is 3.01. The minimum Gasteiger partial charge on any atom is -0.363 e. The molecule has 0 atom stereocenters. The van der Waals surface area contributed by atoms with Crippen molar-refractivity contribution in [2.45, 2.75) is 0 Å². The van der Waals surface area contributed by atoms with Crippen LogP contribution in [0.2, 0.25) is 0 Å². The molecule has 7 heteroatoms. The molecule has 1 fully saturated rings. The average molecular weight is 317 g/mol. The van der Waals surface area contributed by atoms with Crippen LogP contribution in [0.1, 0.15) is 10.4 Å². The van der Waals surface area contributed by atoms with Gasteiger partial charge in [-0.05, 0) is 12.1 Å². The van der Waals surface area contributed by atoms with Crippen LogP contribution in [-0.4, -0.2) is 61.0 Å². The van der Waals surface area contributed by atoms with Crippen molar-refractivity contribution in [2.75, 3.05) is 50.1 Å². The highest BCUT2D eigenvalue weighted by atomic mass is 32.1. The van der Waals surface area contributed by atoms with Gasteiger partial charge in [0.2, 0.25) is 0 Å². The van der Waals surface area contributed by atoms with Crippen LogP contribution in [0.4, 0.5) is 10.9 Å². The Bertz CT molecular complexity index is 618. The Morgan fingerprint density at radius 1 is 1.18 bits per heavy atom. The summed E-state index contributed by atoms with van der Waals surface area (Å²) in [6.07, 6.45) is 3.47. The van der Waals surface area contributed by atoms with Crippen molar-refractivity contribution in [3.63, 3.8) is 0 Å². The number of hydrogen-bond acceptors (Lipinski definition) is 6. The van der Waals surface area contributed by atoms with E-state index in [0.717, 1.165) is 24.0 Å². The minimum atomic E-state index is 0.0524. The number of piperazine rings is 1. The van der Waals surface area contributed by atoms with Gasteiger partial charge in [-0.1, -0.05) is 0 Å². The lowest BCUT2D eigenvalue weighted by molar-refractivity contribution is 0.0746. The number of pyridine rings is 1. The van der Waals surface area contributed by atoms with Gasteiger partial charge in [0.1, 0.15) is 5.82 Å². The molecule has 0 N–H and O–H groups in total. The monoisotopic (exact) mass is 317 g/mol. The molecule has 0 bridgehead atoms. The first kappa shape index (κ1) is 14.8. The van der Waals surface area contributed by atoms with Gasteiger partial charge in [-0.15, -0.1) is 11.3 Å². The molecular weight excluding hydrogens is 298 g/mol. The summed E-state index contributed by atoms with van der Waals surface area (Å²) in [6, 6.07) is 3.72. The molecule has 2 aromatic rings. The minimum absolute atomic E-state index is 0.0524. The maximum atomic E-state index is 12.5. The molecule has 22 heavy (non-hydrogen) atoms. The molecular formula is C15H19N5OS. The zero-order chi connectivity index (χ0) is 15.5. The molecule has 0 unspecified atom stereocenters. The zero-order valence-electron chi connectivity index (χ0n) is 12.8. The Balaban J connectivity index is 1.62. The number of thiazole rings is 1. The average Bonchev–Trinajstić information content (AvgIpc) is 3.09. The largest absolute Gasteiger partial charge is 0.363 e. The van der Waals surface area contributed by atoms with Gasteiger partial charge in [-0.3, -0.25) is 4.79 Å². The number of amides is 1. The number of rotatable bonds is 3. The molecule has 1 aliphatic rings. The van der Waals surface area contributed by atoms with Crippen molar-refractivity contribution in [3.8, 4) is 0 Å². The second-order valence-corrected chi connectivity index (χ2v) is 6.27. The van der Waals surface area contributed by atoms with Crippen LogP contribution in [0, 0.1) is 0 Å². The number of aromatic nitrogens is 2. The molecule has 3 rings (SSSR count). The molecule has 1 saturated heterocycles. The molecule has 0 radical (unpaired) electrons. The van der Waals surface area contributed by atoms with Crippen molar-refractivity contribution in [1.29, 1.82) is 0 Å². The van der Waals surface area contributed by atoms with Crippen LogP contribution in [0.3, 0.4) is 0 Å². The Labute approximate surface area is 134 Å². The summed E-state index contributed by atoms with van der Waals surface area (Å²) >= 11 is 1.64. The second-order valence-electron chi connectivity index (χ2n) is 5.39. The highest BCUT2D eigenvalue weighted by Crippen LogP contribution is 2.19. The van der Waals surface area contributed by atoms with Crippen molar-refractivity contribution < 1.29 is 4.79 Å². The standard InChI is InChI=1S/C15H19N5OS/c1-18(2)13-4-3-12(11-17-13)14(21)19-6-8-20(9-7-19)15-16-5-10-22-15/h3-5,10-11H,6-9H2,1-2H3. The lowest BCUT2D eigenvalue weighted by Crippen LogP contribution is -2.48. The van der Waals surface area contributed by atoms with E-state index in [4.69, 9.17) is 0 Å². The van der Waals surface area contributed by atoms with E-state index < -0.39 is 0 Å². The number of anilines is 2. The Morgan fingerprint density at radius 2 is 1.95 bits per heavy atom. The lowest BCUT2D eigenvalue weighted by Gasteiger charge is -2.34. The quantitative estimate of drug-likeness (QED) is 0.860. The van der Waals surface area contributed by atoms with E-state index in [1.54, 1.807) is 17.5 Å². The Kier molecular flexibility index (Phi) is 4.24. The summed E-state index contributed by atoms with van der Waals surface area (Å²) in [4.78, 5) is 27.2. The molecule has 0 saturated carbocycles. The number of carbonyl (C=O) groups is 1. The van der Waals surface area contributed by atoms with Gasteiger partial charge >= 0.3 is 0 Å². The van der Waals surface area contributed by atoms with Crippen LogP contribution in [0.25, 0.3) is 0 Å². The highest BCUT2D eigenvalue weighted by Gasteiger charge is 2.23. The smallest absolute Gasteiger partial charge is 0.255 e. The van der Waals surface area contributed by atoms with Crippen LogP contribution in [0.15, 0.2) is 29.9 Å². The lowest BCUT2D eigenvalue weighted by atomic mass is 10.2. The third-order valence-electron chi connectivity index (χ3n) is 3.71. The summed E-state index contributed by atoms with van der Waals surface area (Å²) in [6.45, 7) is 3.08. The van der Waals surface area contributed by atoms with Gasteiger partial charge in [-0.25, -0.2) is 9.97 Å². The Morgan fingerprint density at radius 3 is 2.50 bits per heavy atom. The Hall–Kier alpha value is -2.15. The molecule has 6 nitrogen and oxygen atoms in total. The molecule has 2 aromatic heterocycles. The van der Waals surface area contributed by atoms with Gasteiger partial charge in [0.15, 0.2) is 5.13 Å². The fourth-order valence-electron chi connectivity index (χ4n) is 2.43. The summed E-state index contributed by atoms with van der Waals surface area (Å²) < 4.78 is 0. The van der Waals surface area contributed by atoms with Crippen LogP contribution in [-0.2, 0) is 0 Å². The fraction of sp³-hybridized carbons (Fsp3) is 0.400. The van der Waals surface area contributed by atoms with E-state index in [0.29, 0.717) is 18.7 Å². The van der Waals surface area contributed by atoms with Gasteiger partial charge in [0.05, 0.1) is 5.56 Å². The third-order valence-corrected chi connectivity index (χ3v) is 4.54.